The van der Waals surface area contributed by atoms with Gasteiger partial charge in [-0.3, -0.25) is 4.79 Å². The molecular weight excluding hydrogens is 649 g/mol. The van der Waals surface area contributed by atoms with Crippen molar-refractivity contribution in [2.75, 3.05) is 19.9 Å². The zero-order chi connectivity index (χ0) is 34.6. The molecule has 2 aromatic carbocycles. The average molecular weight is 683 g/mol. The van der Waals surface area contributed by atoms with Crippen molar-refractivity contribution in [3.05, 3.63) is 71.1 Å². The molecule has 1 aromatic heterocycles. The lowest BCUT2D eigenvalue weighted by Crippen LogP contribution is -2.44. The lowest BCUT2D eigenvalue weighted by molar-refractivity contribution is -0.713. The summed E-state index contributed by atoms with van der Waals surface area (Å²) in [4.78, 5) is 28.8. The van der Waals surface area contributed by atoms with Gasteiger partial charge in [0.15, 0.2) is 5.69 Å². The fourth-order valence-corrected chi connectivity index (χ4v) is 5.51. The average Bonchev–Trinajstić information content (AvgIpc) is 3.45. The summed E-state index contributed by atoms with van der Waals surface area (Å²) in [5.41, 5.74) is -0.187. The zero-order valence-corrected chi connectivity index (χ0v) is 26.7. The van der Waals surface area contributed by atoms with Crippen LogP contribution in [0.15, 0.2) is 64.8 Å². The molecule has 1 N–H and O–H groups in total. The van der Waals surface area contributed by atoms with Gasteiger partial charge in [0.25, 0.3) is 16.8 Å². The summed E-state index contributed by atoms with van der Waals surface area (Å²) in [5, 5.41) is 20.4. The zero-order valence-electron chi connectivity index (χ0n) is 25.9. The van der Waals surface area contributed by atoms with Gasteiger partial charge in [-0.25, -0.2) is 22.6 Å². The highest BCUT2D eigenvalue weighted by Gasteiger charge is 2.36. The molecule has 4 rings (SSSR count). The maximum Gasteiger partial charge on any atom is 0.511 e. The van der Waals surface area contributed by atoms with Crippen LogP contribution < -0.4 is 4.72 Å². The second-order valence-electron chi connectivity index (χ2n) is 11.6. The second-order valence-corrected chi connectivity index (χ2v) is 13.3. The predicted octanol–water partition coefficient (Wildman–Crippen LogP) is 5.10. The first-order chi connectivity index (χ1) is 21.9. The van der Waals surface area contributed by atoms with Gasteiger partial charge in [-0.05, 0) is 70.9 Å². The predicted molar refractivity (Wildman–Crippen MR) is 158 cm³/mol. The molecule has 1 aliphatic heterocycles. The van der Waals surface area contributed by atoms with Gasteiger partial charge in [0.05, 0.1) is 34.3 Å². The molecule has 3 aromatic rings. The Morgan fingerprint density at radius 2 is 1.68 bits per heavy atom. The summed E-state index contributed by atoms with van der Waals surface area (Å²) in [7, 11) is -4.34. The molecule has 18 heteroatoms. The van der Waals surface area contributed by atoms with Gasteiger partial charge in [0.2, 0.25) is 11.2 Å². The molecule has 1 saturated heterocycles. The normalized spacial score (nSPS) is 14.9. The number of ether oxygens (including phenoxy) is 2. The number of nitrogens with one attached hydrogen (secondary N) is 1. The number of halogens is 3. The Bertz CT molecular complexity index is 1710. The summed E-state index contributed by atoms with van der Waals surface area (Å²) >= 11 is 0. The van der Waals surface area contributed by atoms with Crippen molar-refractivity contribution in [1.29, 1.82) is 0 Å². The molecule has 1 fully saturated rings. The van der Waals surface area contributed by atoms with E-state index in [1.54, 1.807) is 45.0 Å². The molecule has 0 atom stereocenters. The van der Waals surface area contributed by atoms with Crippen LogP contribution in [0.3, 0.4) is 0 Å². The van der Waals surface area contributed by atoms with Crippen LogP contribution in [0.25, 0.3) is 16.9 Å². The number of piperidine rings is 1. The summed E-state index contributed by atoms with van der Waals surface area (Å²) in [6.07, 6.45) is -5.48. The molecule has 0 saturated carbocycles. The van der Waals surface area contributed by atoms with Crippen molar-refractivity contribution >= 4 is 22.1 Å². The quantitative estimate of drug-likeness (QED) is 0.0801. The molecule has 0 aliphatic carbocycles. The molecule has 1 amide bonds. The van der Waals surface area contributed by atoms with Gasteiger partial charge in [0, 0.05) is 11.5 Å². The molecule has 14 nitrogen and oxygen atoms in total. The van der Waals surface area contributed by atoms with Gasteiger partial charge in [-0.1, -0.05) is 29.8 Å². The van der Waals surface area contributed by atoms with Crippen LogP contribution in [-0.4, -0.2) is 65.7 Å². The summed E-state index contributed by atoms with van der Waals surface area (Å²) < 4.78 is 79.2. The fraction of sp³-hybridized carbons (Fsp3) is 0.414. The number of hydrazine groups is 1. The molecular formula is C29H33F3N6O8S. The highest BCUT2D eigenvalue weighted by Crippen LogP contribution is 2.33. The van der Waals surface area contributed by atoms with Crippen molar-refractivity contribution in [1.82, 2.24) is 19.5 Å². The van der Waals surface area contributed by atoms with Gasteiger partial charge < -0.3 is 19.5 Å². The Kier molecular flexibility index (Phi) is 10.3. The van der Waals surface area contributed by atoms with Crippen molar-refractivity contribution in [3.8, 4) is 16.9 Å². The SMILES string of the molecule is Cc1ccc(-c2cc(C(F)(F)F)nn2-c2ccc(S(=O)(=O)NC(=O)C3CCN(/[N+]([O-])=N\OCOC(=O)OC(C)(C)C)CC3)cc2)cc1. The Hall–Kier alpha value is -4.87. The number of sulfonamides is 1. The number of carbonyl (C=O) groups is 2. The van der Waals surface area contributed by atoms with Crippen LogP contribution in [-0.2, 0) is 35.3 Å². The minimum atomic E-state index is -4.71. The maximum absolute atomic E-state index is 13.5. The molecule has 1 aliphatic rings. The molecule has 47 heavy (non-hydrogen) atoms. The van der Waals surface area contributed by atoms with E-state index >= 15 is 0 Å². The summed E-state index contributed by atoms with van der Waals surface area (Å²) in [6, 6.07) is 12.6. The Balaban J connectivity index is 1.35. The number of alkyl halides is 3. The Labute approximate surface area is 268 Å². The third-order valence-corrected chi connectivity index (χ3v) is 8.17. The van der Waals surface area contributed by atoms with E-state index in [9.17, 15) is 36.4 Å². The summed E-state index contributed by atoms with van der Waals surface area (Å²) in [5.74, 6) is -1.53. The number of carbonyl (C=O) groups excluding carboxylic acids is 2. The molecule has 2 heterocycles. The lowest BCUT2D eigenvalue weighted by Gasteiger charge is -2.27. The molecule has 0 radical (unpaired) electrons. The van der Waals surface area contributed by atoms with Gasteiger partial charge in [-0.15, -0.1) is 5.01 Å². The maximum atomic E-state index is 13.5. The number of amides is 1. The third-order valence-electron chi connectivity index (χ3n) is 6.80. The van der Waals surface area contributed by atoms with Crippen LogP contribution in [0.4, 0.5) is 18.0 Å². The first-order valence-corrected chi connectivity index (χ1v) is 15.7. The summed E-state index contributed by atoms with van der Waals surface area (Å²) in [6.45, 7) is 6.18. The van der Waals surface area contributed by atoms with Crippen molar-refractivity contribution < 1.29 is 50.5 Å². The number of benzene rings is 2. The van der Waals surface area contributed by atoms with Crippen molar-refractivity contribution in [2.24, 2.45) is 11.2 Å². The van der Waals surface area contributed by atoms with E-state index in [0.717, 1.165) is 28.4 Å². The standard InChI is InChI=1S/C29H33F3N6O8S/c1-19-5-7-20(8-6-19)24-17-25(29(30,31)32)33-37(24)22-9-11-23(12-10-22)47(42,43)34-26(39)21-13-15-36(16-14-21)38(41)35-45-18-44-27(40)46-28(2,3)4/h5-12,17,21H,13-16,18H2,1-4H3,(H,34,39)/b38-35+. The fourth-order valence-electron chi connectivity index (χ4n) is 4.47. The van der Waals surface area contributed by atoms with E-state index in [2.05, 4.69) is 20.0 Å². The first kappa shape index (κ1) is 35.0. The number of hydrogen-bond acceptors (Lipinski definition) is 10. The topological polar surface area (TPSA) is 167 Å². The Morgan fingerprint density at radius 1 is 1.06 bits per heavy atom. The van der Waals surface area contributed by atoms with Crippen molar-refractivity contribution in [2.45, 2.75) is 57.2 Å². The van der Waals surface area contributed by atoms with E-state index in [-0.39, 0.29) is 47.2 Å². The molecule has 254 valence electrons. The number of aromatic nitrogens is 2. The lowest BCUT2D eigenvalue weighted by atomic mass is 9.97. The van der Waals surface area contributed by atoms with Crippen LogP contribution in [0.5, 0.6) is 0 Å². The number of rotatable bonds is 9. The molecule has 0 bridgehead atoms. The van der Waals surface area contributed by atoms with Gasteiger partial charge in [0.1, 0.15) is 5.60 Å². The van der Waals surface area contributed by atoms with Crippen LogP contribution in [0.2, 0.25) is 0 Å². The highest BCUT2D eigenvalue weighted by molar-refractivity contribution is 7.90. The van der Waals surface area contributed by atoms with Crippen LogP contribution in [0.1, 0.15) is 44.9 Å². The van der Waals surface area contributed by atoms with Crippen LogP contribution >= 0.6 is 0 Å². The minimum Gasteiger partial charge on any atom is -0.569 e. The molecule has 0 unspecified atom stereocenters. The van der Waals surface area contributed by atoms with E-state index in [1.807, 2.05) is 11.6 Å². The van der Waals surface area contributed by atoms with E-state index < -0.39 is 52.3 Å². The van der Waals surface area contributed by atoms with Gasteiger partial charge >= 0.3 is 12.3 Å². The van der Waals surface area contributed by atoms with E-state index in [4.69, 9.17) is 4.74 Å². The number of nitrogens with zero attached hydrogens (tertiary/aromatic N) is 5. The highest BCUT2D eigenvalue weighted by atomic mass is 32.2. The minimum absolute atomic E-state index is 0.0449. The van der Waals surface area contributed by atoms with E-state index in [0.29, 0.717) is 5.56 Å². The largest absolute Gasteiger partial charge is 0.569 e. The number of hydrogen-bond donors (Lipinski definition) is 1. The number of aryl methyl sites for hydroxylation is 1. The van der Waals surface area contributed by atoms with Gasteiger partial charge in [-0.2, -0.15) is 18.3 Å². The third kappa shape index (κ3) is 9.34. The Morgan fingerprint density at radius 3 is 2.26 bits per heavy atom. The van der Waals surface area contributed by atoms with Crippen molar-refractivity contribution in [3.63, 3.8) is 0 Å². The van der Waals surface area contributed by atoms with E-state index in [1.165, 1.54) is 17.1 Å². The first-order valence-electron chi connectivity index (χ1n) is 14.3. The monoisotopic (exact) mass is 682 g/mol. The second kappa shape index (κ2) is 13.9. The molecule has 0 spiro atoms. The van der Waals surface area contributed by atoms with Crippen LogP contribution in [0, 0.1) is 18.0 Å². The smallest absolute Gasteiger partial charge is 0.511 e.